The van der Waals surface area contributed by atoms with Crippen molar-refractivity contribution in [1.82, 2.24) is 25.3 Å². The number of aromatic nitrogens is 4. The fraction of sp³-hybridized carbons (Fsp3) is 0.300. The standard InChI is InChI=1S/C20H21N5O/c1-3-17-12-22-24-25(17)18-9-14(19-7-4-13(2)11-21-19)8-15(10-18)20(26)23-16-5-6-16/h4,7-12,16H,3,5-6H2,1-2H3,(H,23,26). The highest BCUT2D eigenvalue weighted by Crippen LogP contribution is 2.25. The molecule has 0 bridgehead atoms. The van der Waals surface area contributed by atoms with Gasteiger partial charge in [0.2, 0.25) is 0 Å². The van der Waals surface area contributed by atoms with E-state index < -0.39 is 0 Å². The van der Waals surface area contributed by atoms with Gasteiger partial charge in [-0.25, -0.2) is 4.68 Å². The highest BCUT2D eigenvalue weighted by Gasteiger charge is 2.24. The number of nitrogens with zero attached hydrogens (tertiary/aromatic N) is 4. The molecule has 0 spiro atoms. The van der Waals surface area contributed by atoms with E-state index in [0.29, 0.717) is 11.6 Å². The lowest BCUT2D eigenvalue weighted by molar-refractivity contribution is 0.0951. The fourth-order valence-electron chi connectivity index (χ4n) is 2.86. The second-order valence-electron chi connectivity index (χ2n) is 6.73. The van der Waals surface area contributed by atoms with Crippen molar-refractivity contribution in [2.75, 3.05) is 0 Å². The molecule has 0 atom stereocenters. The highest BCUT2D eigenvalue weighted by atomic mass is 16.1. The molecule has 6 nitrogen and oxygen atoms in total. The first-order valence-electron chi connectivity index (χ1n) is 8.93. The molecule has 1 aliphatic rings. The lowest BCUT2D eigenvalue weighted by Crippen LogP contribution is -2.25. The largest absolute Gasteiger partial charge is 0.349 e. The fourth-order valence-corrected chi connectivity index (χ4v) is 2.86. The van der Waals surface area contributed by atoms with E-state index in [1.165, 1.54) is 0 Å². The van der Waals surface area contributed by atoms with Gasteiger partial charge in [0.1, 0.15) is 0 Å². The van der Waals surface area contributed by atoms with Crippen LogP contribution in [0.1, 0.15) is 41.4 Å². The van der Waals surface area contributed by atoms with Crippen LogP contribution in [0.5, 0.6) is 0 Å². The van der Waals surface area contributed by atoms with E-state index in [1.54, 1.807) is 10.9 Å². The first kappa shape index (κ1) is 16.4. The zero-order chi connectivity index (χ0) is 18.1. The minimum absolute atomic E-state index is 0.0547. The summed E-state index contributed by atoms with van der Waals surface area (Å²) in [6, 6.07) is 10.1. The molecule has 132 valence electrons. The van der Waals surface area contributed by atoms with Crippen LogP contribution in [0.2, 0.25) is 0 Å². The van der Waals surface area contributed by atoms with Gasteiger partial charge in [-0.1, -0.05) is 18.2 Å². The quantitative estimate of drug-likeness (QED) is 0.770. The first-order chi connectivity index (χ1) is 12.6. The van der Waals surface area contributed by atoms with Crippen molar-refractivity contribution < 1.29 is 4.79 Å². The number of amides is 1. The molecule has 4 rings (SSSR count). The predicted molar refractivity (Wildman–Crippen MR) is 99.2 cm³/mol. The van der Waals surface area contributed by atoms with Crippen molar-refractivity contribution in [3.63, 3.8) is 0 Å². The van der Waals surface area contributed by atoms with E-state index in [9.17, 15) is 4.79 Å². The summed E-state index contributed by atoms with van der Waals surface area (Å²) in [6.45, 7) is 4.06. The molecule has 3 aromatic rings. The Morgan fingerprint density at radius 1 is 1.23 bits per heavy atom. The number of benzene rings is 1. The van der Waals surface area contributed by atoms with Crippen molar-refractivity contribution in [3.05, 3.63) is 59.5 Å². The third-order valence-corrected chi connectivity index (χ3v) is 4.53. The summed E-state index contributed by atoms with van der Waals surface area (Å²) in [5.41, 5.74) is 5.25. The van der Waals surface area contributed by atoms with Crippen molar-refractivity contribution in [3.8, 4) is 16.9 Å². The predicted octanol–water partition coefficient (Wildman–Crippen LogP) is 3.09. The summed E-state index contributed by atoms with van der Waals surface area (Å²) < 4.78 is 1.78. The van der Waals surface area contributed by atoms with Gasteiger partial charge in [0, 0.05) is 23.4 Å². The molecule has 1 aromatic carbocycles. The van der Waals surface area contributed by atoms with Gasteiger partial charge in [0.25, 0.3) is 5.91 Å². The van der Waals surface area contributed by atoms with Crippen LogP contribution in [0.25, 0.3) is 16.9 Å². The summed E-state index contributed by atoms with van der Waals surface area (Å²) in [7, 11) is 0. The third-order valence-electron chi connectivity index (χ3n) is 4.53. The summed E-state index contributed by atoms with van der Waals surface area (Å²) >= 11 is 0. The number of hydrogen-bond donors (Lipinski definition) is 1. The number of carbonyl (C=O) groups is 1. The molecule has 0 unspecified atom stereocenters. The number of nitrogens with one attached hydrogen (secondary N) is 1. The molecule has 26 heavy (non-hydrogen) atoms. The highest BCUT2D eigenvalue weighted by molar-refractivity contribution is 5.96. The molecular formula is C20H21N5O. The molecule has 1 N–H and O–H groups in total. The van der Waals surface area contributed by atoms with E-state index in [0.717, 1.165) is 47.5 Å². The van der Waals surface area contributed by atoms with Gasteiger partial charge in [0.05, 0.1) is 23.3 Å². The maximum absolute atomic E-state index is 12.6. The van der Waals surface area contributed by atoms with E-state index in [-0.39, 0.29) is 5.91 Å². The van der Waals surface area contributed by atoms with Gasteiger partial charge in [-0.2, -0.15) is 0 Å². The Bertz CT molecular complexity index is 941. The van der Waals surface area contributed by atoms with Crippen molar-refractivity contribution in [1.29, 1.82) is 0 Å². The minimum atomic E-state index is -0.0547. The molecule has 1 fully saturated rings. The molecule has 1 saturated carbocycles. The first-order valence-corrected chi connectivity index (χ1v) is 8.93. The number of rotatable bonds is 5. The molecule has 0 radical (unpaired) electrons. The summed E-state index contributed by atoms with van der Waals surface area (Å²) in [6.07, 6.45) is 6.50. The van der Waals surface area contributed by atoms with Crippen molar-refractivity contribution in [2.24, 2.45) is 0 Å². The van der Waals surface area contributed by atoms with E-state index in [2.05, 4.69) is 27.5 Å². The zero-order valence-corrected chi connectivity index (χ0v) is 14.9. The molecule has 2 heterocycles. The molecular weight excluding hydrogens is 326 g/mol. The van der Waals surface area contributed by atoms with E-state index in [4.69, 9.17) is 0 Å². The van der Waals surface area contributed by atoms with Crippen LogP contribution >= 0.6 is 0 Å². The lowest BCUT2D eigenvalue weighted by atomic mass is 10.0. The van der Waals surface area contributed by atoms with Gasteiger partial charge in [-0.05, 0) is 56.0 Å². The third kappa shape index (κ3) is 3.35. The second-order valence-corrected chi connectivity index (χ2v) is 6.73. The molecule has 0 saturated heterocycles. The van der Waals surface area contributed by atoms with Crippen LogP contribution < -0.4 is 5.32 Å². The maximum atomic E-state index is 12.6. The van der Waals surface area contributed by atoms with Crippen LogP contribution in [0.15, 0.2) is 42.7 Å². The molecule has 0 aliphatic heterocycles. The summed E-state index contributed by atoms with van der Waals surface area (Å²) in [5, 5.41) is 11.3. The topological polar surface area (TPSA) is 72.7 Å². The van der Waals surface area contributed by atoms with Gasteiger partial charge >= 0.3 is 0 Å². The van der Waals surface area contributed by atoms with Gasteiger partial charge < -0.3 is 5.32 Å². The monoisotopic (exact) mass is 347 g/mol. The Morgan fingerprint density at radius 2 is 2.08 bits per heavy atom. The molecule has 1 aliphatic carbocycles. The number of carbonyl (C=O) groups excluding carboxylic acids is 1. The Morgan fingerprint density at radius 3 is 2.77 bits per heavy atom. The van der Waals surface area contributed by atoms with Crippen molar-refractivity contribution in [2.45, 2.75) is 39.2 Å². The van der Waals surface area contributed by atoms with Gasteiger partial charge in [-0.15, -0.1) is 5.10 Å². The van der Waals surface area contributed by atoms with Crippen LogP contribution in [0.4, 0.5) is 0 Å². The molecule has 1 amide bonds. The Hall–Kier alpha value is -3.02. The normalized spacial score (nSPS) is 13.6. The Kier molecular flexibility index (Phi) is 4.24. The smallest absolute Gasteiger partial charge is 0.251 e. The number of aryl methyl sites for hydroxylation is 2. The Balaban J connectivity index is 1.80. The van der Waals surface area contributed by atoms with E-state index >= 15 is 0 Å². The Labute approximate surface area is 152 Å². The SMILES string of the molecule is CCc1cnnn1-c1cc(C(=O)NC2CC2)cc(-c2ccc(C)cn2)c1. The summed E-state index contributed by atoms with van der Waals surface area (Å²) in [5.74, 6) is -0.0547. The minimum Gasteiger partial charge on any atom is -0.349 e. The van der Waals surface area contributed by atoms with Crippen molar-refractivity contribution >= 4 is 5.91 Å². The van der Waals surface area contributed by atoms with E-state index in [1.807, 2.05) is 43.5 Å². The molecule has 6 heteroatoms. The number of pyridine rings is 1. The van der Waals surface area contributed by atoms with Crippen LogP contribution in [-0.4, -0.2) is 31.9 Å². The van der Waals surface area contributed by atoms with Gasteiger partial charge in [0.15, 0.2) is 0 Å². The number of hydrogen-bond acceptors (Lipinski definition) is 4. The lowest BCUT2D eigenvalue weighted by Gasteiger charge is -2.11. The second kappa shape index (κ2) is 6.71. The average molecular weight is 347 g/mol. The van der Waals surface area contributed by atoms with Gasteiger partial charge in [-0.3, -0.25) is 9.78 Å². The van der Waals surface area contributed by atoms with Crippen LogP contribution in [0.3, 0.4) is 0 Å². The molecule has 2 aromatic heterocycles. The maximum Gasteiger partial charge on any atom is 0.251 e. The summed E-state index contributed by atoms with van der Waals surface area (Å²) in [4.78, 5) is 17.1. The van der Waals surface area contributed by atoms with Crippen LogP contribution in [-0.2, 0) is 6.42 Å². The van der Waals surface area contributed by atoms with Crippen LogP contribution in [0, 0.1) is 6.92 Å². The average Bonchev–Trinajstić information content (AvgIpc) is 3.34. The zero-order valence-electron chi connectivity index (χ0n) is 14.9.